The Kier molecular flexibility index (Phi) is 9.75. The molecule has 0 saturated heterocycles. The van der Waals surface area contributed by atoms with Crippen LogP contribution in [0.3, 0.4) is 0 Å². The Hall–Kier alpha value is -3.23. The van der Waals surface area contributed by atoms with E-state index < -0.39 is 24.1 Å². The van der Waals surface area contributed by atoms with Crippen molar-refractivity contribution >= 4 is 23.3 Å². The summed E-state index contributed by atoms with van der Waals surface area (Å²) in [6.45, 7) is 4.15. The summed E-state index contributed by atoms with van der Waals surface area (Å²) in [7, 11) is 0. The summed E-state index contributed by atoms with van der Waals surface area (Å²) in [5.74, 6) is -0.547. The molecule has 0 spiro atoms. The number of rotatable bonds is 13. The minimum atomic E-state index is -1.46. The standard InChI is InChI=1S/C31H39N3O4S/c1-3-4-16-26(28(35)29(36)32-22(2)23-12-7-5-8-13-23)34(30(37)38)21-31(17-11-18-31)19-27-33-25(20-39-27)24-14-9-6-10-15-24/h5-10,12-15,20,22,26,28,35H,3-4,11,16-19,21H2,1-2H3,(H,32,36)(H,37,38)/t22-,26+,28?/m1/s1. The molecular formula is C31H39N3O4S. The molecule has 3 N–H and O–H groups in total. The van der Waals surface area contributed by atoms with Crippen LogP contribution in [0.4, 0.5) is 4.79 Å². The van der Waals surface area contributed by atoms with Gasteiger partial charge < -0.3 is 20.4 Å². The fourth-order valence-corrected chi connectivity index (χ4v) is 6.38. The fraction of sp³-hybridized carbons (Fsp3) is 0.452. The molecule has 8 heteroatoms. The third-order valence-electron chi connectivity index (χ3n) is 7.86. The summed E-state index contributed by atoms with van der Waals surface area (Å²) in [5, 5.41) is 27.4. The van der Waals surface area contributed by atoms with Gasteiger partial charge in [0, 0.05) is 23.9 Å². The van der Waals surface area contributed by atoms with Crippen molar-refractivity contribution in [1.82, 2.24) is 15.2 Å². The number of nitrogens with one attached hydrogen (secondary N) is 1. The number of amides is 2. The largest absolute Gasteiger partial charge is 0.465 e. The maximum Gasteiger partial charge on any atom is 0.407 e. The number of hydrogen-bond donors (Lipinski definition) is 3. The van der Waals surface area contributed by atoms with Crippen LogP contribution in [0.2, 0.25) is 0 Å². The lowest BCUT2D eigenvalue weighted by Crippen LogP contribution is -2.56. The zero-order valence-electron chi connectivity index (χ0n) is 22.8. The van der Waals surface area contributed by atoms with Gasteiger partial charge in [0.15, 0.2) is 6.10 Å². The van der Waals surface area contributed by atoms with E-state index in [4.69, 9.17) is 4.98 Å². The molecule has 2 aromatic carbocycles. The summed E-state index contributed by atoms with van der Waals surface area (Å²) >= 11 is 1.60. The predicted octanol–water partition coefficient (Wildman–Crippen LogP) is 6.30. The van der Waals surface area contributed by atoms with Gasteiger partial charge in [-0.1, -0.05) is 86.8 Å². The van der Waals surface area contributed by atoms with E-state index >= 15 is 0 Å². The number of aromatic nitrogens is 1. The molecule has 0 bridgehead atoms. The summed E-state index contributed by atoms with van der Waals surface area (Å²) in [4.78, 5) is 31.9. The Labute approximate surface area is 234 Å². The molecule has 3 aromatic rings. The van der Waals surface area contributed by atoms with Gasteiger partial charge in [-0.05, 0) is 37.2 Å². The highest BCUT2D eigenvalue weighted by molar-refractivity contribution is 7.09. The first-order valence-electron chi connectivity index (χ1n) is 13.8. The highest BCUT2D eigenvalue weighted by Gasteiger charge is 2.44. The van der Waals surface area contributed by atoms with Crippen molar-refractivity contribution in [3.05, 3.63) is 76.6 Å². The average Bonchev–Trinajstić information content (AvgIpc) is 3.40. The van der Waals surface area contributed by atoms with Crippen molar-refractivity contribution in [2.24, 2.45) is 5.41 Å². The molecule has 208 valence electrons. The molecule has 1 aromatic heterocycles. The Morgan fingerprint density at radius 3 is 2.36 bits per heavy atom. The van der Waals surface area contributed by atoms with Crippen molar-refractivity contribution in [1.29, 1.82) is 0 Å². The van der Waals surface area contributed by atoms with Crippen LogP contribution >= 0.6 is 11.3 Å². The lowest BCUT2D eigenvalue weighted by molar-refractivity contribution is -0.134. The lowest BCUT2D eigenvalue weighted by Gasteiger charge is -2.46. The predicted molar refractivity (Wildman–Crippen MR) is 155 cm³/mol. The van der Waals surface area contributed by atoms with E-state index in [2.05, 4.69) is 10.7 Å². The van der Waals surface area contributed by atoms with Crippen LogP contribution in [0.5, 0.6) is 0 Å². The van der Waals surface area contributed by atoms with E-state index in [1.165, 1.54) is 4.90 Å². The summed E-state index contributed by atoms with van der Waals surface area (Å²) in [5.41, 5.74) is 2.67. The molecule has 0 aliphatic heterocycles. The monoisotopic (exact) mass is 549 g/mol. The number of carbonyl (C=O) groups excluding carboxylic acids is 1. The molecule has 1 unspecified atom stereocenters. The van der Waals surface area contributed by atoms with Crippen LogP contribution in [0.1, 0.15) is 69.0 Å². The highest BCUT2D eigenvalue weighted by Crippen LogP contribution is 2.45. The van der Waals surface area contributed by atoms with E-state index in [1.54, 1.807) is 11.3 Å². The molecule has 1 aliphatic rings. The molecule has 7 nitrogen and oxygen atoms in total. The molecular weight excluding hydrogens is 510 g/mol. The Morgan fingerprint density at radius 2 is 1.77 bits per heavy atom. The number of thiazole rings is 1. The van der Waals surface area contributed by atoms with Crippen LogP contribution in [0, 0.1) is 5.41 Å². The molecule has 1 aliphatic carbocycles. The summed E-state index contributed by atoms with van der Waals surface area (Å²) in [6.07, 6.45) is 2.91. The van der Waals surface area contributed by atoms with E-state index in [0.717, 1.165) is 47.5 Å². The minimum Gasteiger partial charge on any atom is -0.465 e. The van der Waals surface area contributed by atoms with Crippen LogP contribution in [-0.2, 0) is 11.2 Å². The second-order valence-corrected chi connectivity index (χ2v) is 11.7. The van der Waals surface area contributed by atoms with E-state index in [1.807, 2.05) is 74.5 Å². The van der Waals surface area contributed by atoms with Gasteiger partial charge in [0.1, 0.15) is 0 Å². The Bertz CT molecular complexity index is 1210. The summed E-state index contributed by atoms with van der Waals surface area (Å²) < 4.78 is 0. The van der Waals surface area contributed by atoms with Gasteiger partial charge in [-0.2, -0.15) is 0 Å². The number of hydrogen-bond acceptors (Lipinski definition) is 5. The van der Waals surface area contributed by atoms with Crippen molar-refractivity contribution in [2.45, 2.75) is 77.0 Å². The molecule has 4 rings (SSSR count). The average molecular weight is 550 g/mol. The first-order chi connectivity index (χ1) is 18.8. The maximum absolute atomic E-state index is 13.1. The van der Waals surface area contributed by atoms with Gasteiger partial charge in [-0.3, -0.25) is 4.79 Å². The van der Waals surface area contributed by atoms with Crippen molar-refractivity contribution in [2.75, 3.05) is 6.54 Å². The number of aliphatic hydroxyl groups excluding tert-OH is 1. The molecule has 1 heterocycles. The quantitative estimate of drug-likeness (QED) is 0.232. The number of nitrogens with zero attached hydrogens (tertiary/aromatic N) is 2. The van der Waals surface area contributed by atoms with Gasteiger partial charge >= 0.3 is 6.09 Å². The van der Waals surface area contributed by atoms with E-state index in [9.17, 15) is 19.8 Å². The Balaban J connectivity index is 1.50. The highest BCUT2D eigenvalue weighted by atomic mass is 32.1. The zero-order chi connectivity index (χ0) is 27.8. The van der Waals surface area contributed by atoms with Gasteiger partial charge in [0.05, 0.1) is 22.8 Å². The van der Waals surface area contributed by atoms with Crippen molar-refractivity contribution < 1.29 is 19.8 Å². The summed E-state index contributed by atoms with van der Waals surface area (Å²) in [6, 6.07) is 18.4. The SMILES string of the molecule is CCCC[C@@H](C(O)C(=O)N[C@H](C)c1ccccc1)N(CC1(Cc2nc(-c3ccccc3)cs2)CCC1)C(=O)O. The number of carbonyl (C=O) groups is 2. The van der Waals surface area contributed by atoms with Crippen LogP contribution in [0.15, 0.2) is 66.0 Å². The minimum absolute atomic E-state index is 0.248. The first-order valence-corrected chi connectivity index (χ1v) is 14.7. The number of carboxylic acid groups (broad SMARTS) is 1. The van der Waals surface area contributed by atoms with Gasteiger partial charge in [0.25, 0.3) is 5.91 Å². The topological polar surface area (TPSA) is 103 Å². The normalized spacial score (nSPS) is 16.5. The molecule has 0 radical (unpaired) electrons. The van der Waals surface area contributed by atoms with Crippen molar-refractivity contribution in [3.63, 3.8) is 0 Å². The van der Waals surface area contributed by atoms with E-state index in [-0.39, 0.29) is 18.0 Å². The number of benzene rings is 2. The third kappa shape index (κ3) is 7.25. The first kappa shape index (κ1) is 28.8. The second-order valence-electron chi connectivity index (χ2n) is 10.7. The Morgan fingerprint density at radius 1 is 1.10 bits per heavy atom. The third-order valence-corrected chi connectivity index (χ3v) is 8.71. The van der Waals surface area contributed by atoms with Crippen LogP contribution < -0.4 is 5.32 Å². The van der Waals surface area contributed by atoms with Gasteiger partial charge in [-0.15, -0.1) is 11.3 Å². The molecule has 39 heavy (non-hydrogen) atoms. The van der Waals surface area contributed by atoms with Gasteiger partial charge in [0.2, 0.25) is 0 Å². The smallest absolute Gasteiger partial charge is 0.407 e. The van der Waals surface area contributed by atoms with Crippen LogP contribution in [0.25, 0.3) is 11.3 Å². The lowest BCUT2D eigenvalue weighted by atomic mass is 9.66. The maximum atomic E-state index is 13.1. The second kappa shape index (κ2) is 13.2. The van der Waals surface area contributed by atoms with Crippen LogP contribution in [-0.4, -0.2) is 50.8 Å². The molecule has 1 fully saturated rings. The van der Waals surface area contributed by atoms with Crippen molar-refractivity contribution in [3.8, 4) is 11.3 Å². The number of aliphatic hydroxyl groups is 1. The molecule has 1 saturated carbocycles. The zero-order valence-corrected chi connectivity index (χ0v) is 23.6. The molecule has 3 atom stereocenters. The van der Waals surface area contributed by atoms with Gasteiger partial charge in [-0.25, -0.2) is 9.78 Å². The fourth-order valence-electron chi connectivity index (χ4n) is 5.41. The van der Waals surface area contributed by atoms with E-state index in [0.29, 0.717) is 19.3 Å². The molecule has 2 amide bonds. The number of unbranched alkanes of at least 4 members (excludes halogenated alkanes) is 1.